The lowest BCUT2D eigenvalue weighted by atomic mass is 9.77. The van der Waals surface area contributed by atoms with Crippen LogP contribution in [0.4, 0.5) is 26.3 Å². The fourth-order valence-electron chi connectivity index (χ4n) is 2.32. The molecule has 0 heterocycles. The third-order valence-corrected chi connectivity index (χ3v) is 5.39. The van der Waals surface area contributed by atoms with E-state index in [0.29, 0.717) is 0 Å². The molecule has 2 unspecified atom stereocenters. The molecule has 0 aliphatic heterocycles. The van der Waals surface area contributed by atoms with Crippen LogP contribution in [-0.4, -0.2) is 39.3 Å². The second-order valence-corrected chi connectivity index (χ2v) is 8.73. The van der Waals surface area contributed by atoms with E-state index in [2.05, 4.69) is 18.9 Å². The lowest BCUT2D eigenvalue weighted by Gasteiger charge is -2.26. The van der Waals surface area contributed by atoms with Gasteiger partial charge in [-0.3, -0.25) is 8.57 Å². The lowest BCUT2D eigenvalue weighted by molar-refractivity contribution is -0.0545. The lowest BCUT2D eigenvalue weighted by Crippen LogP contribution is -2.29. The summed E-state index contributed by atoms with van der Waals surface area (Å²) >= 11 is 0. The molecular formula is C12H10F6N4O6S2. The van der Waals surface area contributed by atoms with Gasteiger partial charge in [0.1, 0.15) is 12.1 Å². The predicted octanol–water partition coefficient (Wildman–Crippen LogP) is 2.28. The van der Waals surface area contributed by atoms with E-state index in [4.69, 9.17) is 10.5 Å². The molecule has 2 atom stereocenters. The van der Waals surface area contributed by atoms with Crippen LogP contribution in [0.3, 0.4) is 0 Å². The summed E-state index contributed by atoms with van der Waals surface area (Å²) in [5.41, 5.74) is -13.2. The standard InChI is InChI=1S/C12H10F6N4O6S2/c13-11(14,15)29(23,24)27-21-9(5-19)7-2-1-3-8(4-7)10(6-20)22-28-30(25,26)12(16,17)18/h7-8H,1-4H2/b21-9-,22-10+. The molecule has 0 aromatic carbocycles. The van der Waals surface area contributed by atoms with Crippen molar-refractivity contribution < 1.29 is 51.7 Å². The number of hydrogen-bond donors (Lipinski definition) is 0. The van der Waals surface area contributed by atoms with Gasteiger partial charge in [0.15, 0.2) is 11.4 Å². The van der Waals surface area contributed by atoms with Crippen molar-refractivity contribution in [1.82, 2.24) is 0 Å². The molecule has 0 aromatic rings. The first kappa shape index (κ1) is 25.4. The monoisotopic (exact) mass is 484 g/mol. The number of oxime groups is 2. The Kier molecular flexibility index (Phi) is 7.67. The van der Waals surface area contributed by atoms with Crippen molar-refractivity contribution in [1.29, 1.82) is 10.5 Å². The molecule has 10 nitrogen and oxygen atoms in total. The predicted molar refractivity (Wildman–Crippen MR) is 83.7 cm³/mol. The molecule has 0 amide bonds. The van der Waals surface area contributed by atoms with Gasteiger partial charge in [0.05, 0.1) is 0 Å². The van der Waals surface area contributed by atoms with E-state index in [0.717, 1.165) is 0 Å². The van der Waals surface area contributed by atoms with Crippen LogP contribution in [-0.2, 0) is 28.8 Å². The molecule has 0 radical (unpaired) electrons. The van der Waals surface area contributed by atoms with Gasteiger partial charge in [-0.1, -0.05) is 16.7 Å². The highest BCUT2D eigenvalue weighted by molar-refractivity contribution is 7.87. The van der Waals surface area contributed by atoms with Crippen LogP contribution >= 0.6 is 0 Å². The Morgan fingerprint density at radius 2 is 1.13 bits per heavy atom. The normalized spacial score (nSPS) is 22.0. The van der Waals surface area contributed by atoms with E-state index >= 15 is 0 Å². The fourth-order valence-corrected chi connectivity index (χ4v) is 2.85. The maximum atomic E-state index is 12.2. The second kappa shape index (κ2) is 9.04. The number of rotatable bonds is 6. The molecule has 1 aliphatic carbocycles. The Labute approximate surface area is 165 Å². The van der Waals surface area contributed by atoms with Gasteiger partial charge in [-0.2, -0.15) is 53.7 Å². The minimum Gasteiger partial charge on any atom is -0.261 e. The molecule has 0 saturated heterocycles. The Bertz CT molecular complexity index is 924. The van der Waals surface area contributed by atoms with Crippen LogP contribution in [0.15, 0.2) is 10.3 Å². The molecule has 1 saturated carbocycles. The van der Waals surface area contributed by atoms with Gasteiger partial charge in [-0.15, -0.1) is 0 Å². The summed E-state index contributed by atoms with van der Waals surface area (Å²) in [6, 6.07) is 2.69. The van der Waals surface area contributed by atoms with Crippen LogP contribution < -0.4 is 0 Å². The third-order valence-electron chi connectivity index (χ3n) is 3.71. The fraction of sp³-hybridized carbons (Fsp3) is 0.667. The summed E-state index contributed by atoms with van der Waals surface area (Å²) in [5.74, 6) is -2.09. The zero-order valence-electron chi connectivity index (χ0n) is 14.3. The van der Waals surface area contributed by atoms with Gasteiger partial charge in [0.25, 0.3) is 0 Å². The summed E-state index contributed by atoms with van der Waals surface area (Å²) in [6.07, 6.45) is 0.0237. The van der Waals surface area contributed by atoms with Gasteiger partial charge in [-0.25, -0.2) is 0 Å². The molecule has 0 N–H and O–H groups in total. The van der Waals surface area contributed by atoms with Gasteiger partial charge in [0.2, 0.25) is 0 Å². The van der Waals surface area contributed by atoms with Crippen molar-refractivity contribution in [2.75, 3.05) is 0 Å². The van der Waals surface area contributed by atoms with E-state index < -0.39 is 54.5 Å². The highest BCUT2D eigenvalue weighted by Crippen LogP contribution is 2.32. The van der Waals surface area contributed by atoms with Crippen molar-refractivity contribution in [2.45, 2.75) is 36.7 Å². The van der Waals surface area contributed by atoms with Crippen molar-refractivity contribution >= 4 is 31.7 Å². The number of alkyl halides is 6. The summed E-state index contributed by atoms with van der Waals surface area (Å²) in [5, 5.41) is 23.4. The van der Waals surface area contributed by atoms with Crippen LogP contribution in [0.2, 0.25) is 0 Å². The van der Waals surface area contributed by atoms with E-state index in [1.807, 2.05) is 0 Å². The topological polar surface area (TPSA) is 159 Å². The molecule has 18 heteroatoms. The van der Waals surface area contributed by atoms with Gasteiger partial charge in [-0.05, 0) is 19.3 Å². The van der Waals surface area contributed by atoms with Crippen molar-refractivity contribution in [2.24, 2.45) is 22.1 Å². The van der Waals surface area contributed by atoms with Crippen LogP contribution in [0.1, 0.15) is 25.7 Å². The molecule has 0 spiro atoms. The molecule has 1 rings (SSSR count). The zero-order chi connectivity index (χ0) is 23.4. The van der Waals surface area contributed by atoms with Crippen LogP contribution in [0, 0.1) is 34.5 Å². The highest BCUT2D eigenvalue weighted by atomic mass is 32.2. The SMILES string of the molecule is N#C/C(=N\OS(=O)(=O)C(F)(F)F)C1CCCC(/C(C#N)=N\OS(=O)(=O)C(F)(F)F)C1. The molecule has 1 aliphatic rings. The highest BCUT2D eigenvalue weighted by Gasteiger charge is 2.50. The van der Waals surface area contributed by atoms with Crippen molar-refractivity contribution in [3.63, 3.8) is 0 Å². The van der Waals surface area contributed by atoms with E-state index in [-0.39, 0.29) is 25.7 Å². The number of nitriles is 2. The maximum Gasteiger partial charge on any atom is 0.536 e. The smallest absolute Gasteiger partial charge is 0.261 e. The Balaban J connectivity index is 3.04. The van der Waals surface area contributed by atoms with E-state index in [9.17, 15) is 43.2 Å². The van der Waals surface area contributed by atoms with Gasteiger partial charge < -0.3 is 0 Å². The summed E-state index contributed by atoms with van der Waals surface area (Å²) in [4.78, 5) is 0. The van der Waals surface area contributed by atoms with Crippen LogP contribution in [0.5, 0.6) is 0 Å². The Hall–Kier alpha value is -2.60. The average Bonchev–Trinajstić information content (AvgIpc) is 2.61. The molecule has 0 aromatic heterocycles. The van der Waals surface area contributed by atoms with Crippen molar-refractivity contribution in [3.8, 4) is 12.1 Å². The average molecular weight is 484 g/mol. The largest absolute Gasteiger partial charge is 0.536 e. The molecule has 0 bridgehead atoms. The molecule has 168 valence electrons. The second-order valence-electron chi connectivity index (χ2n) is 5.69. The van der Waals surface area contributed by atoms with E-state index in [1.54, 1.807) is 0 Å². The first-order valence-corrected chi connectivity index (χ1v) is 10.3. The summed E-state index contributed by atoms with van der Waals surface area (Å²) < 4.78 is 124. The quantitative estimate of drug-likeness (QED) is 0.240. The molecule has 1 fully saturated rings. The summed E-state index contributed by atoms with van der Waals surface area (Å²) in [6.45, 7) is 0. The maximum absolute atomic E-state index is 12.2. The zero-order valence-corrected chi connectivity index (χ0v) is 15.9. The van der Waals surface area contributed by atoms with E-state index in [1.165, 1.54) is 12.1 Å². The van der Waals surface area contributed by atoms with Crippen molar-refractivity contribution in [3.05, 3.63) is 0 Å². The molecular weight excluding hydrogens is 474 g/mol. The van der Waals surface area contributed by atoms with Gasteiger partial charge in [0, 0.05) is 11.8 Å². The third kappa shape index (κ3) is 6.20. The van der Waals surface area contributed by atoms with Crippen LogP contribution in [0.25, 0.3) is 0 Å². The first-order chi connectivity index (χ1) is 13.6. The minimum absolute atomic E-state index is 0.0821. The first-order valence-electron chi connectivity index (χ1n) is 7.51. The number of halogens is 6. The summed E-state index contributed by atoms with van der Waals surface area (Å²) in [7, 11) is -12.2. The number of hydrogen-bond acceptors (Lipinski definition) is 10. The minimum atomic E-state index is -6.12. The van der Waals surface area contributed by atoms with Gasteiger partial charge >= 0.3 is 31.3 Å². The number of nitrogens with zero attached hydrogens (tertiary/aromatic N) is 4. The Morgan fingerprint density at radius 3 is 1.40 bits per heavy atom. The molecule has 30 heavy (non-hydrogen) atoms. The Morgan fingerprint density at radius 1 is 0.800 bits per heavy atom.